The van der Waals surface area contributed by atoms with E-state index in [0.717, 1.165) is 4.57 Å². The summed E-state index contributed by atoms with van der Waals surface area (Å²) in [7, 11) is 0. The molecule has 0 spiro atoms. The number of nitrogens with zero attached hydrogens (tertiary/aromatic N) is 2. The number of hydrogen-bond donors (Lipinski definition) is 3. The third kappa shape index (κ3) is 2.20. The second kappa shape index (κ2) is 5.33. The van der Waals surface area contributed by atoms with Crippen molar-refractivity contribution in [1.29, 1.82) is 0 Å². The van der Waals surface area contributed by atoms with Crippen molar-refractivity contribution in [1.82, 2.24) is 9.55 Å². The van der Waals surface area contributed by atoms with E-state index >= 15 is 0 Å². The van der Waals surface area contributed by atoms with Crippen molar-refractivity contribution in [3.63, 3.8) is 0 Å². The predicted octanol–water partition coefficient (Wildman–Crippen LogP) is -0.361. The minimum atomic E-state index is -1.50. The summed E-state index contributed by atoms with van der Waals surface area (Å²) in [5.41, 5.74) is 3.59. The van der Waals surface area contributed by atoms with E-state index in [0.29, 0.717) is 12.8 Å². The number of halogens is 1. The van der Waals surface area contributed by atoms with Crippen molar-refractivity contribution < 1.29 is 14.9 Å². The van der Waals surface area contributed by atoms with Crippen LogP contribution in [0.4, 0.5) is 5.82 Å². The first kappa shape index (κ1) is 15.2. The molecule has 1 aromatic rings. The Bertz CT molecular complexity index is 552. The fourth-order valence-electron chi connectivity index (χ4n) is 2.55. The standard InChI is InChI=1S/C12H18ClN3O4/c1-2-4-11(6-17)9(18)12(13,7-20-11)16-5-3-8(14)15-10(16)19/h3,5,9,17-18H,2,4,6-7H2,1H3,(H2,14,15,19)/t9-,11-,12?/m1/s1. The summed E-state index contributed by atoms with van der Waals surface area (Å²) in [6.45, 7) is 1.41. The lowest BCUT2D eigenvalue weighted by Gasteiger charge is -2.33. The minimum absolute atomic E-state index is 0.0712. The highest BCUT2D eigenvalue weighted by Crippen LogP contribution is 2.43. The van der Waals surface area contributed by atoms with Crippen LogP contribution in [0.1, 0.15) is 19.8 Å². The van der Waals surface area contributed by atoms with Gasteiger partial charge in [-0.25, -0.2) is 4.79 Å². The van der Waals surface area contributed by atoms with Crippen molar-refractivity contribution >= 4 is 17.4 Å². The average molecular weight is 304 g/mol. The number of hydrogen-bond acceptors (Lipinski definition) is 6. The van der Waals surface area contributed by atoms with Gasteiger partial charge in [0.25, 0.3) is 0 Å². The molecule has 2 heterocycles. The van der Waals surface area contributed by atoms with Crippen molar-refractivity contribution in [2.45, 2.75) is 36.5 Å². The van der Waals surface area contributed by atoms with Gasteiger partial charge in [-0.05, 0) is 12.5 Å². The summed E-state index contributed by atoms with van der Waals surface area (Å²) >= 11 is 6.40. The quantitative estimate of drug-likeness (QED) is 0.655. The Hall–Kier alpha value is -1.15. The van der Waals surface area contributed by atoms with Crippen LogP contribution in [0.2, 0.25) is 0 Å². The maximum atomic E-state index is 11.9. The Balaban J connectivity index is 2.44. The Morgan fingerprint density at radius 2 is 2.40 bits per heavy atom. The third-order valence-electron chi connectivity index (χ3n) is 3.65. The molecule has 0 saturated carbocycles. The van der Waals surface area contributed by atoms with E-state index in [1.807, 2.05) is 6.92 Å². The van der Waals surface area contributed by atoms with Crippen LogP contribution in [0, 0.1) is 0 Å². The molecule has 1 unspecified atom stereocenters. The van der Waals surface area contributed by atoms with E-state index in [4.69, 9.17) is 22.1 Å². The molecule has 0 radical (unpaired) electrons. The molecule has 1 aliphatic heterocycles. The molecule has 1 aliphatic rings. The molecule has 1 saturated heterocycles. The molecular weight excluding hydrogens is 286 g/mol. The molecule has 1 fully saturated rings. The highest BCUT2D eigenvalue weighted by atomic mass is 35.5. The lowest BCUT2D eigenvalue weighted by molar-refractivity contribution is -0.0978. The summed E-state index contributed by atoms with van der Waals surface area (Å²) in [5, 5.41) is 20.0. The smallest absolute Gasteiger partial charge is 0.351 e. The lowest BCUT2D eigenvalue weighted by atomic mass is 9.90. The fourth-order valence-corrected chi connectivity index (χ4v) is 2.93. The first-order valence-corrected chi connectivity index (χ1v) is 6.75. The summed E-state index contributed by atoms with van der Waals surface area (Å²) in [5.74, 6) is 0.0712. The first-order valence-electron chi connectivity index (χ1n) is 6.37. The summed E-state index contributed by atoms with van der Waals surface area (Å²) in [6, 6.07) is 1.41. The van der Waals surface area contributed by atoms with Crippen LogP contribution in [-0.2, 0) is 9.73 Å². The number of rotatable bonds is 4. The number of aliphatic hydroxyl groups is 2. The van der Waals surface area contributed by atoms with Gasteiger partial charge in [-0.1, -0.05) is 24.9 Å². The molecular formula is C12H18ClN3O4. The van der Waals surface area contributed by atoms with Gasteiger partial charge in [0.1, 0.15) is 17.5 Å². The predicted molar refractivity (Wildman–Crippen MR) is 73.4 cm³/mol. The fraction of sp³-hybridized carbons (Fsp3) is 0.667. The Morgan fingerprint density at radius 3 is 2.95 bits per heavy atom. The van der Waals surface area contributed by atoms with Gasteiger partial charge in [-0.2, -0.15) is 4.98 Å². The summed E-state index contributed by atoms with van der Waals surface area (Å²) in [4.78, 5) is 14.0. The van der Waals surface area contributed by atoms with Crippen LogP contribution in [0.5, 0.6) is 0 Å². The number of anilines is 1. The maximum Gasteiger partial charge on any atom is 0.351 e. The Labute approximate surface area is 121 Å². The minimum Gasteiger partial charge on any atom is -0.393 e. The number of aliphatic hydroxyl groups excluding tert-OH is 2. The van der Waals surface area contributed by atoms with Crippen LogP contribution in [-0.4, -0.2) is 44.7 Å². The van der Waals surface area contributed by atoms with Gasteiger partial charge in [0, 0.05) is 6.20 Å². The molecule has 20 heavy (non-hydrogen) atoms. The number of ether oxygens (including phenoxy) is 1. The molecule has 8 heteroatoms. The van der Waals surface area contributed by atoms with Crippen LogP contribution in [0.15, 0.2) is 17.1 Å². The molecule has 112 valence electrons. The second-order valence-corrected chi connectivity index (χ2v) is 5.64. The highest BCUT2D eigenvalue weighted by molar-refractivity contribution is 6.22. The zero-order chi connectivity index (χ0) is 15.0. The molecule has 1 aromatic heterocycles. The van der Waals surface area contributed by atoms with Gasteiger partial charge >= 0.3 is 5.69 Å². The molecule has 0 aromatic carbocycles. The maximum absolute atomic E-state index is 11.9. The molecule has 0 bridgehead atoms. The topological polar surface area (TPSA) is 111 Å². The van der Waals surface area contributed by atoms with Gasteiger partial charge in [0.2, 0.25) is 0 Å². The molecule has 2 rings (SSSR count). The highest BCUT2D eigenvalue weighted by Gasteiger charge is 2.58. The van der Waals surface area contributed by atoms with E-state index in [1.54, 1.807) is 0 Å². The van der Waals surface area contributed by atoms with Gasteiger partial charge in [-0.15, -0.1) is 0 Å². The van der Waals surface area contributed by atoms with E-state index < -0.39 is 22.4 Å². The van der Waals surface area contributed by atoms with E-state index in [2.05, 4.69) is 4.98 Å². The summed E-state index contributed by atoms with van der Waals surface area (Å²) < 4.78 is 6.63. The Kier molecular flexibility index (Phi) is 4.06. The van der Waals surface area contributed by atoms with Crippen molar-refractivity contribution in [2.24, 2.45) is 0 Å². The monoisotopic (exact) mass is 303 g/mol. The first-order chi connectivity index (χ1) is 9.39. The van der Waals surface area contributed by atoms with Crippen molar-refractivity contribution in [2.75, 3.05) is 18.9 Å². The van der Waals surface area contributed by atoms with Gasteiger partial charge in [0.05, 0.1) is 13.2 Å². The van der Waals surface area contributed by atoms with Gasteiger partial charge in [0.15, 0.2) is 5.00 Å². The molecule has 3 atom stereocenters. The molecule has 0 aliphatic carbocycles. The summed E-state index contributed by atoms with van der Waals surface area (Å²) in [6.07, 6.45) is 1.24. The zero-order valence-corrected chi connectivity index (χ0v) is 11.9. The number of alkyl halides is 1. The zero-order valence-electron chi connectivity index (χ0n) is 11.1. The number of nitrogen functional groups attached to an aromatic ring is 1. The van der Waals surface area contributed by atoms with Crippen LogP contribution in [0.3, 0.4) is 0 Å². The molecule has 7 nitrogen and oxygen atoms in total. The molecule has 4 N–H and O–H groups in total. The normalized spacial score (nSPS) is 33.5. The SMILES string of the molecule is CCC[C@]1(CO)OCC(Cl)(n2ccc(N)nc2=O)[C@@H]1O. The van der Waals surface area contributed by atoms with Gasteiger partial charge < -0.3 is 20.7 Å². The molecule has 0 amide bonds. The Morgan fingerprint density at radius 1 is 1.70 bits per heavy atom. The average Bonchev–Trinajstić information content (AvgIpc) is 2.66. The largest absolute Gasteiger partial charge is 0.393 e. The van der Waals surface area contributed by atoms with Crippen LogP contribution < -0.4 is 11.4 Å². The van der Waals surface area contributed by atoms with Crippen LogP contribution in [0.25, 0.3) is 0 Å². The van der Waals surface area contributed by atoms with E-state index in [1.165, 1.54) is 12.3 Å². The van der Waals surface area contributed by atoms with Crippen LogP contribution >= 0.6 is 11.6 Å². The lowest BCUT2D eigenvalue weighted by Crippen LogP contribution is -2.53. The van der Waals surface area contributed by atoms with Crippen molar-refractivity contribution in [3.05, 3.63) is 22.7 Å². The number of aromatic nitrogens is 2. The van der Waals surface area contributed by atoms with Gasteiger partial charge in [-0.3, -0.25) is 4.57 Å². The second-order valence-electron chi connectivity index (χ2n) is 4.99. The number of nitrogens with two attached hydrogens (primary N) is 1. The van der Waals surface area contributed by atoms with Crippen molar-refractivity contribution in [3.8, 4) is 0 Å². The van der Waals surface area contributed by atoms with E-state index in [9.17, 15) is 15.0 Å². The third-order valence-corrected chi connectivity index (χ3v) is 4.14. The van der Waals surface area contributed by atoms with E-state index in [-0.39, 0.29) is 19.0 Å².